The third-order valence-corrected chi connectivity index (χ3v) is 10.6. The third kappa shape index (κ3) is 16.0. The number of unbranched alkanes of at least 4 members (excludes halogenated alkanes) is 15. The number of quaternary nitrogens is 1. The Kier molecular flexibility index (Phi) is 19.1. The molecule has 248 valence electrons. The summed E-state index contributed by atoms with van der Waals surface area (Å²) < 4.78 is 35.1. The number of carbonyl (C=O) groups is 1. The van der Waals surface area contributed by atoms with Gasteiger partial charge in [-0.25, -0.2) is 4.57 Å². The molecule has 2 aliphatic heterocycles. The molecule has 4 atom stereocenters. The number of hydrogen-bond donors (Lipinski definition) is 1. The van der Waals surface area contributed by atoms with Gasteiger partial charge in [0.1, 0.15) is 6.10 Å². The minimum absolute atomic E-state index is 0.136. The van der Waals surface area contributed by atoms with E-state index in [1.54, 1.807) is 0 Å². The summed E-state index contributed by atoms with van der Waals surface area (Å²) in [5.74, 6) is -0.202. The Morgan fingerprint density at radius 1 is 0.786 bits per heavy atom. The number of esters is 1. The molecule has 0 radical (unpaired) electrons. The standard InChI is InChI=1S/C33H64NO7P/c1-5-6-7-8-9-10-11-12-13-14-15-16-17-18-19-20-23-38-27-33(41-29(2)35)28-40-42(36,37)39-26-30-24-31-21-22-32(25-30)34(31,3)4/h30-33H,5-28H2,1-4H3/p+1. The molecule has 42 heavy (non-hydrogen) atoms. The summed E-state index contributed by atoms with van der Waals surface area (Å²) in [6, 6.07) is 1.19. The maximum atomic E-state index is 12.5. The van der Waals surface area contributed by atoms with E-state index in [0.717, 1.165) is 30.2 Å². The lowest BCUT2D eigenvalue weighted by atomic mass is 9.90. The van der Waals surface area contributed by atoms with Crippen LogP contribution in [-0.4, -0.2) is 74.1 Å². The molecule has 2 bridgehead atoms. The number of phosphoric ester groups is 1. The molecule has 2 heterocycles. The summed E-state index contributed by atoms with van der Waals surface area (Å²) in [6.45, 7) is 4.28. The number of piperidine rings is 1. The Labute approximate surface area is 257 Å². The van der Waals surface area contributed by atoms with Crippen LogP contribution in [0.25, 0.3) is 0 Å². The lowest BCUT2D eigenvalue weighted by Gasteiger charge is -2.44. The second-order valence-electron chi connectivity index (χ2n) is 13.5. The predicted octanol–water partition coefficient (Wildman–Crippen LogP) is 8.35. The highest BCUT2D eigenvalue weighted by molar-refractivity contribution is 7.47. The van der Waals surface area contributed by atoms with Crippen molar-refractivity contribution in [2.45, 2.75) is 160 Å². The molecule has 2 fully saturated rings. The molecule has 0 aliphatic carbocycles. The number of fused-ring (bicyclic) bond motifs is 2. The fraction of sp³-hybridized carbons (Fsp3) is 0.970. The molecule has 8 nitrogen and oxygen atoms in total. The van der Waals surface area contributed by atoms with Gasteiger partial charge in [0.05, 0.1) is 46.0 Å². The van der Waals surface area contributed by atoms with E-state index in [9.17, 15) is 14.3 Å². The van der Waals surface area contributed by atoms with E-state index < -0.39 is 19.9 Å². The van der Waals surface area contributed by atoms with Crippen LogP contribution in [0.2, 0.25) is 0 Å². The number of hydrogen-bond acceptors (Lipinski definition) is 6. The third-order valence-electron chi connectivity index (χ3n) is 9.60. The van der Waals surface area contributed by atoms with E-state index in [1.165, 1.54) is 110 Å². The zero-order valence-corrected chi connectivity index (χ0v) is 28.5. The fourth-order valence-electron chi connectivity index (χ4n) is 6.86. The van der Waals surface area contributed by atoms with Gasteiger partial charge >= 0.3 is 13.8 Å². The first-order valence-corrected chi connectivity index (χ1v) is 18.8. The maximum Gasteiger partial charge on any atom is 0.472 e. The van der Waals surface area contributed by atoms with E-state index in [0.29, 0.717) is 18.7 Å². The Morgan fingerprint density at radius 3 is 1.74 bits per heavy atom. The molecular formula is C33H65NO7P+. The minimum atomic E-state index is -4.24. The lowest BCUT2D eigenvalue weighted by Crippen LogP contribution is -2.54. The van der Waals surface area contributed by atoms with Crippen LogP contribution < -0.4 is 0 Å². The average molecular weight is 619 g/mol. The Bertz CT molecular complexity index is 749. The van der Waals surface area contributed by atoms with Gasteiger partial charge < -0.3 is 18.9 Å². The molecule has 0 aromatic heterocycles. The number of rotatable bonds is 26. The number of ether oxygens (including phenoxy) is 2. The molecule has 0 aromatic rings. The molecule has 0 amide bonds. The molecule has 0 aromatic carbocycles. The van der Waals surface area contributed by atoms with Gasteiger partial charge in [-0.1, -0.05) is 103 Å². The average Bonchev–Trinajstić information content (AvgIpc) is 3.08. The van der Waals surface area contributed by atoms with E-state index in [2.05, 4.69) is 21.0 Å². The zero-order chi connectivity index (χ0) is 30.7. The maximum absolute atomic E-state index is 12.5. The van der Waals surface area contributed by atoms with Gasteiger partial charge in [0.25, 0.3) is 0 Å². The Hall–Kier alpha value is -0.500. The second-order valence-corrected chi connectivity index (χ2v) is 15.0. The molecule has 4 unspecified atom stereocenters. The first kappa shape index (κ1) is 37.7. The topological polar surface area (TPSA) is 91.3 Å². The van der Waals surface area contributed by atoms with Crippen molar-refractivity contribution < 1.29 is 37.3 Å². The summed E-state index contributed by atoms with van der Waals surface area (Å²) in [7, 11) is 0.340. The summed E-state index contributed by atoms with van der Waals surface area (Å²) >= 11 is 0. The summed E-state index contributed by atoms with van der Waals surface area (Å²) in [5.41, 5.74) is 0. The number of carbonyl (C=O) groups excluding carboxylic acids is 1. The number of phosphoric acid groups is 1. The van der Waals surface area contributed by atoms with Crippen molar-refractivity contribution in [3.05, 3.63) is 0 Å². The molecular weight excluding hydrogens is 553 g/mol. The quantitative estimate of drug-likeness (QED) is 0.0451. The first-order chi connectivity index (χ1) is 20.1. The van der Waals surface area contributed by atoms with Gasteiger partial charge in [0.15, 0.2) is 0 Å². The lowest BCUT2D eigenvalue weighted by molar-refractivity contribution is -0.931. The highest BCUT2D eigenvalue weighted by Crippen LogP contribution is 2.47. The van der Waals surface area contributed by atoms with Crippen LogP contribution in [0.5, 0.6) is 0 Å². The molecule has 0 saturated carbocycles. The van der Waals surface area contributed by atoms with Gasteiger partial charge in [-0.05, 0) is 12.3 Å². The predicted molar refractivity (Wildman–Crippen MR) is 169 cm³/mol. The summed E-state index contributed by atoms with van der Waals surface area (Å²) in [5, 5.41) is 0. The molecule has 9 heteroatoms. The Morgan fingerprint density at radius 2 is 1.26 bits per heavy atom. The van der Waals surface area contributed by atoms with Crippen molar-refractivity contribution in [3.63, 3.8) is 0 Å². The monoisotopic (exact) mass is 618 g/mol. The van der Waals surface area contributed by atoms with Crippen molar-refractivity contribution in [1.29, 1.82) is 0 Å². The highest BCUT2D eigenvalue weighted by atomic mass is 31.2. The van der Waals surface area contributed by atoms with Crippen LogP contribution in [0.1, 0.15) is 142 Å². The van der Waals surface area contributed by atoms with E-state index in [-0.39, 0.29) is 25.7 Å². The van der Waals surface area contributed by atoms with Crippen LogP contribution >= 0.6 is 7.82 Å². The van der Waals surface area contributed by atoms with Gasteiger partial charge in [-0.15, -0.1) is 0 Å². The van der Waals surface area contributed by atoms with Gasteiger partial charge in [0.2, 0.25) is 0 Å². The molecule has 0 spiro atoms. The Balaban J connectivity index is 1.45. The van der Waals surface area contributed by atoms with Crippen molar-refractivity contribution in [2.75, 3.05) is 40.5 Å². The van der Waals surface area contributed by atoms with Crippen LogP contribution in [0.15, 0.2) is 0 Å². The number of nitrogens with zero attached hydrogens (tertiary/aromatic N) is 1. The van der Waals surface area contributed by atoms with E-state index in [1.807, 2.05) is 0 Å². The molecule has 2 aliphatic rings. The van der Waals surface area contributed by atoms with E-state index in [4.69, 9.17) is 18.5 Å². The van der Waals surface area contributed by atoms with Gasteiger partial charge in [0, 0.05) is 39.2 Å². The fourth-order valence-corrected chi connectivity index (χ4v) is 7.69. The normalized spacial score (nSPS) is 23.5. The largest absolute Gasteiger partial charge is 0.472 e. The summed E-state index contributed by atoms with van der Waals surface area (Å²) in [4.78, 5) is 21.8. The summed E-state index contributed by atoms with van der Waals surface area (Å²) in [6.07, 6.45) is 24.8. The van der Waals surface area contributed by atoms with Crippen molar-refractivity contribution >= 4 is 13.8 Å². The van der Waals surface area contributed by atoms with Gasteiger partial charge in [-0.2, -0.15) is 0 Å². The van der Waals surface area contributed by atoms with Crippen molar-refractivity contribution in [3.8, 4) is 0 Å². The van der Waals surface area contributed by atoms with Gasteiger partial charge in [-0.3, -0.25) is 13.8 Å². The van der Waals surface area contributed by atoms with Crippen LogP contribution in [0.4, 0.5) is 0 Å². The van der Waals surface area contributed by atoms with Crippen LogP contribution in [0, 0.1) is 5.92 Å². The molecule has 2 saturated heterocycles. The SMILES string of the molecule is CCCCCCCCCCCCCCCCCCOCC(COP(=O)(O)OCC1CC2CCC(C1)[N+]2(C)C)OC(C)=O. The molecule has 2 rings (SSSR count). The van der Waals surface area contributed by atoms with Crippen LogP contribution in [0.3, 0.4) is 0 Å². The second kappa shape index (κ2) is 21.3. The highest BCUT2D eigenvalue weighted by Gasteiger charge is 2.49. The first-order valence-electron chi connectivity index (χ1n) is 17.3. The molecule has 1 N–H and O–H groups in total. The smallest absolute Gasteiger partial charge is 0.458 e. The zero-order valence-electron chi connectivity index (χ0n) is 27.6. The van der Waals surface area contributed by atoms with Crippen LogP contribution in [-0.2, 0) is 27.9 Å². The van der Waals surface area contributed by atoms with Crippen molar-refractivity contribution in [1.82, 2.24) is 0 Å². The van der Waals surface area contributed by atoms with Crippen molar-refractivity contribution in [2.24, 2.45) is 5.92 Å². The van der Waals surface area contributed by atoms with E-state index >= 15 is 0 Å². The minimum Gasteiger partial charge on any atom is -0.458 e.